The van der Waals surface area contributed by atoms with Crippen LogP contribution in [-0.4, -0.2) is 4.98 Å². The first-order chi connectivity index (χ1) is 9.21. The van der Waals surface area contributed by atoms with E-state index < -0.39 is 16.9 Å². The first-order valence-corrected chi connectivity index (χ1v) is 6.59. The van der Waals surface area contributed by atoms with Crippen molar-refractivity contribution in [2.24, 2.45) is 0 Å². The molecule has 0 radical (unpaired) electrons. The van der Waals surface area contributed by atoms with E-state index >= 15 is 0 Å². The molecule has 2 rings (SSSR count). The van der Waals surface area contributed by atoms with E-state index in [1.165, 1.54) is 12.1 Å². The molecule has 106 valence electrons. The monoisotopic (exact) mass is 359 g/mol. The summed E-state index contributed by atoms with van der Waals surface area (Å²) < 4.78 is 39.3. The third kappa shape index (κ3) is 2.98. The normalized spacial score (nSPS) is 11.8. The van der Waals surface area contributed by atoms with Crippen LogP contribution < -0.4 is 0 Å². The van der Waals surface area contributed by atoms with E-state index in [9.17, 15) is 13.2 Å². The predicted molar refractivity (Wildman–Crippen MR) is 74.7 cm³/mol. The van der Waals surface area contributed by atoms with Crippen LogP contribution in [0.1, 0.15) is 5.56 Å². The molecular formula is C12H4Cl4F3N. The van der Waals surface area contributed by atoms with Crippen molar-refractivity contribution in [3.05, 3.63) is 50.2 Å². The maximum absolute atomic E-state index is 13.1. The molecule has 0 fully saturated rings. The second kappa shape index (κ2) is 5.60. The van der Waals surface area contributed by atoms with E-state index in [2.05, 4.69) is 4.98 Å². The minimum atomic E-state index is -4.69. The maximum Gasteiger partial charge on any atom is 0.419 e. The Bertz CT molecular complexity index is 647. The minimum absolute atomic E-state index is 0.00438. The smallest absolute Gasteiger partial charge is 0.244 e. The van der Waals surface area contributed by atoms with E-state index in [1.807, 2.05) is 0 Å². The molecular weight excluding hydrogens is 357 g/mol. The van der Waals surface area contributed by atoms with Crippen LogP contribution in [0, 0.1) is 0 Å². The lowest BCUT2D eigenvalue weighted by atomic mass is 10.0. The molecule has 0 amide bonds. The van der Waals surface area contributed by atoms with Gasteiger partial charge in [-0.2, -0.15) is 13.2 Å². The summed E-state index contributed by atoms with van der Waals surface area (Å²) >= 11 is 23.2. The second-order valence-electron chi connectivity index (χ2n) is 3.77. The largest absolute Gasteiger partial charge is 0.419 e. The average Bonchev–Trinajstić information content (AvgIpc) is 2.25. The molecule has 2 aromatic rings. The first kappa shape index (κ1) is 15.7. The lowest BCUT2D eigenvalue weighted by Crippen LogP contribution is -2.09. The summed E-state index contributed by atoms with van der Waals surface area (Å²) in [6, 6.07) is 3.76. The number of benzene rings is 1. The van der Waals surface area contributed by atoms with Gasteiger partial charge in [-0.15, -0.1) is 0 Å². The van der Waals surface area contributed by atoms with Crippen LogP contribution in [0.4, 0.5) is 13.2 Å². The number of hydrogen-bond donors (Lipinski definition) is 0. The van der Waals surface area contributed by atoms with Gasteiger partial charge in [0.25, 0.3) is 0 Å². The summed E-state index contributed by atoms with van der Waals surface area (Å²) in [5, 5.41) is -0.458. The highest BCUT2D eigenvalue weighted by molar-refractivity contribution is 6.42. The summed E-state index contributed by atoms with van der Waals surface area (Å²) in [4.78, 5) is 3.44. The van der Waals surface area contributed by atoms with Crippen molar-refractivity contribution >= 4 is 46.4 Å². The average molecular weight is 361 g/mol. The van der Waals surface area contributed by atoms with Crippen LogP contribution in [0.3, 0.4) is 0 Å². The second-order valence-corrected chi connectivity index (χ2v) is 5.38. The Balaban J connectivity index is 2.81. The molecule has 8 heteroatoms. The number of nitrogens with zero attached hydrogens (tertiary/aromatic N) is 1. The molecule has 0 N–H and O–H groups in total. The van der Waals surface area contributed by atoms with Gasteiger partial charge in [-0.3, -0.25) is 0 Å². The minimum Gasteiger partial charge on any atom is -0.244 e. The molecule has 0 spiro atoms. The van der Waals surface area contributed by atoms with Crippen molar-refractivity contribution in [2.75, 3.05) is 0 Å². The zero-order chi connectivity index (χ0) is 15.1. The highest BCUT2D eigenvalue weighted by Gasteiger charge is 2.37. The Kier molecular flexibility index (Phi) is 4.40. The molecule has 1 heterocycles. The Labute approximate surface area is 132 Å². The number of halogens is 7. The lowest BCUT2D eigenvalue weighted by Gasteiger charge is -2.16. The zero-order valence-electron chi connectivity index (χ0n) is 9.40. The number of hydrogen-bond acceptors (Lipinski definition) is 1. The van der Waals surface area contributed by atoms with Gasteiger partial charge >= 0.3 is 6.18 Å². The van der Waals surface area contributed by atoms with Gasteiger partial charge in [0, 0.05) is 22.3 Å². The van der Waals surface area contributed by atoms with Crippen LogP contribution in [0.15, 0.2) is 24.4 Å². The van der Waals surface area contributed by atoms with E-state index in [1.54, 1.807) is 0 Å². The zero-order valence-corrected chi connectivity index (χ0v) is 12.4. The number of aromatic nitrogens is 1. The van der Waals surface area contributed by atoms with Crippen molar-refractivity contribution in [2.45, 2.75) is 6.18 Å². The Morgan fingerprint density at radius 2 is 1.50 bits per heavy atom. The first-order valence-electron chi connectivity index (χ1n) is 5.08. The fraction of sp³-hybridized carbons (Fsp3) is 0.0833. The van der Waals surface area contributed by atoms with E-state index in [0.29, 0.717) is 0 Å². The molecule has 0 aliphatic rings. The summed E-state index contributed by atoms with van der Waals surface area (Å²) in [5.41, 5.74) is -1.33. The summed E-state index contributed by atoms with van der Waals surface area (Å²) in [5.74, 6) is 0. The molecule has 1 aromatic carbocycles. The van der Waals surface area contributed by atoms with Gasteiger partial charge < -0.3 is 0 Å². The van der Waals surface area contributed by atoms with Crippen molar-refractivity contribution in [3.8, 4) is 11.1 Å². The molecule has 0 aliphatic heterocycles. The quantitative estimate of drug-likeness (QED) is 0.537. The van der Waals surface area contributed by atoms with Gasteiger partial charge in [0.2, 0.25) is 0 Å². The molecule has 0 atom stereocenters. The molecule has 0 saturated heterocycles. The van der Waals surface area contributed by atoms with Crippen molar-refractivity contribution in [1.82, 2.24) is 4.98 Å². The summed E-state index contributed by atoms with van der Waals surface area (Å²) in [7, 11) is 0. The Hall–Kier alpha value is -0.680. The fourth-order valence-electron chi connectivity index (χ4n) is 1.71. The SMILES string of the molecule is FC(F)(F)c1c(-c2c(Cl)cc(Cl)cc2Cl)ccnc1Cl. The van der Waals surface area contributed by atoms with Crippen molar-refractivity contribution in [3.63, 3.8) is 0 Å². The van der Waals surface area contributed by atoms with Gasteiger partial charge in [0.15, 0.2) is 0 Å². The molecule has 0 aliphatic carbocycles. The number of rotatable bonds is 1. The summed E-state index contributed by atoms with van der Waals surface area (Å²) in [6.45, 7) is 0. The van der Waals surface area contributed by atoms with Crippen LogP contribution in [-0.2, 0) is 6.18 Å². The lowest BCUT2D eigenvalue weighted by molar-refractivity contribution is -0.137. The van der Waals surface area contributed by atoms with E-state index in [-0.39, 0.29) is 26.2 Å². The van der Waals surface area contributed by atoms with Crippen LogP contribution >= 0.6 is 46.4 Å². The maximum atomic E-state index is 13.1. The molecule has 0 bridgehead atoms. The van der Waals surface area contributed by atoms with Crippen LogP contribution in [0.25, 0.3) is 11.1 Å². The standard InChI is InChI=1S/C12H4Cl4F3N/c13-5-3-7(14)9(8(15)4-5)6-1-2-20-11(16)10(6)12(17,18)19/h1-4H. The molecule has 1 aromatic heterocycles. The van der Waals surface area contributed by atoms with Crippen LogP contribution in [0.2, 0.25) is 20.2 Å². The van der Waals surface area contributed by atoms with Crippen molar-refractivity contribution < 1.29 is 13.2 Å². The Morgan fingerprint density at radius 3 is 2.00 bits per heavy atom. The molecule has 0 saturated carbocycles. The number of alkyl halides is 3. The van der Waals surface area contributed by atoms with Crippen molar-refractivity contribution in [1.29, 1.82) is 0 Å². The van der Waals surface area contributed by atoms with Gasteiger partial charge in [-0.25, -0.2) is 4.98 Å². The van der Waals surface area contributed by atoms with Gasteiger partial charge in [-0.1, -0.05) is 46.4 Å². The van der Waals surface area contributed by atoms with E-state index in [4.69, 9.17) is 46.4 Å². The van der Waals surface area contributed by atoms with Crippen LogP contribution in [0.5, 0.6) is 0 Å². The van der Waals surface area contributed by atoms with Gasteiger partial charge in [-0.05, 0) is 18.2 Å². The molecule has 0 unspecified atom stereocenters. The predicted octanol–water partition coefficient (Wildman–Crippen LogP) is 6.38. The highest BCUT2D eigenvalue weighted by Crippen LogP contribution is 2.45. The topological polar surface area (TPSA) is 12.9 Å². The Morgan fingerprint density at radius 1 is 0.950 bits per heavy atom. The third-order valence-corrected chi connectivity index (χ3v) is 3.57. The summed E-state index contributed by atoms with van der Waals surface area (Å²) in [6.07, 6.45) is -3.54. The highest BCUT2D eigenvalue weighted by atomic mass is 35.5. The number of pyridine rings is 1. The molecule has 20 heavy (non-hydrogen) atoms. The fourth-order valence-corrected chi connectivity index (χ4v) is 3.00. The van der Waals surface area contributed by atoms with Gasteiger partial charge in [0.05, 0.1) is 10.0 Å². The molecule has 1 nitrogen and oxygen atoms in total. The third-order valence-electron chi connectivity index (χ3n) is 2.46. The van der Waals surface area contributed by atoms with Gasteiger partial charge in [0.1, 0.15) is 10.7 Å². The van der Waals surface area contributed by atoms with E-state index in [0.717, 1.165) is 12.3 Å².